The fourth-order valence-electron chi connectivity index (χ4n) is 3.73. The number of amides is 2. The van der Waals surface area contributed by atoms with Crippen molar-refractivity contribution in [2.45, 2.75) is 59.2 Å². The number of nitrogens with one attached hydrogen (secondary N) is 1. The normalized spacial score (nSPS) is 11.7. The molecular weight excluding hydrogens is 581 g/mol. The van der Waals surface area contributed by atoms with Gasteiger partial charge in [0, 0.05) is 21.8 Å². The number of hydroxylamine groups is 1. The number of hydrogen-bond donors (Lipinski definition) is 1. The van der Waals surface area contributed by atoms with E-state index < -0.39 is 17.3 Å². The summed E-state index contributed by atoms with van der Waals surface area (Å²) in [5.74, 6) is -0.431. The first-order valence-corrected chi connectivity index (χ1v) is 13.8. The summed E-state index contributed by atoms with van der Waals surface area (Å²) in [7, 11) is 0. The van der Waals surface area contributed by atoms with E-state index in [4.69, 9.17) is 37.3 Å². The molecule has 0 aliphatic rings. The van der Waals surface area contributed by atoms with Crippen molar-refractivity contribution in [3.05, 3.63) is 76.4 Å². The molecule has 2 heterocycles. The first-order chi connectivity index (χ1) is 19.7. The Kier molecular flexibility index (Phi) is 9.20. The van der Waals surface area contributed by atoms with Crippen LogP contribution in [0.5, 0.6) is 0 Å². The number of carbonyl (C=O) groups is 2. The quantitative estimate of drug-likeness (QED) is 0.210. The molecule has 4 aromatic rings. The molecule has 0 aliphatic carbocycles. The Morgan fingerprint density at radius 2 is 1.64 bits per heavy atom. The number of rotatable bonds is 7. The minimum absolute atomic E-state index is 0.00302. The molecule has 0 bridgehead atoms. The highest BCUT2D eigenvalue weighted by Gasteiger charge is 2.32. The summed E-state index contributed by atoms with van der Waals surface area (Å²) in [6, 6.07) is 15.6. The topological polar surface area (TPSA) is 120 Å². The highest BCUT2D eigenvalue weighted by molar-refractivity contribution is 6.31. The van der Waals surface area contributed by atoms with E-state index in [0.717, 1.165) is 5.06 Å². The molecule has 2 amide bonds. The van der Waals surface area contributed by atoms with E-state index in [2.05, 4.69) is 20.4 Å². The Morgan fingerprint density at radius 3 is 2.29 bits per heavy atom. The molecule has 2 aromatic carbocycles. The molecule has 1 N–H and O–H groups in total. The number of carbonyl (C=O) groups excluding carboxylic acids is 2. The molecule has 0 saturated carbocycles. The number of ether oxygens (including phenoxy) is 1. The van der Waals surface area contributed by atoms with Crippen molar-refractivity contribution in [3.8, 4) is 22.5 Å². The van der Waals surface area contributed by atoms with E-state index >= 15 is 0 Å². The zero-order valence-electron chi connectivity index (χ0n) is 24.1. The zero-order valence-corrected chi connectivity index (χ0v) is 25.6. The maximum absolute atomic E-state index is 13.2. The molecule has 0 aliphatic heterocycles. The number of benzene rings is 2. The number of nitrogens with zero attached hydrogens (tertiary/aromatic N) is 4. The highest BCUT2D eigenvalue weighted by atomic mass is 35.5. The maximum Gasteiger partial charge on any atom is 0.442 e. The minimum atomic E-state index is -0.802. The van der Waals surface area contributed by atoms with Gasteiger partial charge in [-0.15, -0.1) is 5.06 Å². The minimum Gasteiger partial charge on any atom is -0.442 e. The van der Waals surface area contributed by atoms with Crippen LogP contribution < -0.4 is 10.4 Å². The average Bonchev–Trinajstić information content (AvgIpc) is 3.31. The third-order valence-electron chi connectivity index (χ3n) is 5.38. The van der Waals surface area contributed by atoms with Gasteiger partial charge in [-0.3, -0.25) is 14.9 Å². The molecule has 2 aromatic heterocycles. The highest BCUT2D eigenvalue weighted by Crippen LogP contribution is 2.38. The fraction of sp³-hybridized carbons (Fsp3) is 0.300. The van der Waals surface area contributed by atoms with Gasteiger partial charge < -0.3 is 9.26 Å². The number of hydrogen-bond acceptors (Lipinski definition) is 8. The second kappa shape index (κ2) is 12.5. The van der Waals surface area contributed by atoms with Gasteiger partial charge in [0.15, 0.2) is 0 Å². The molecule has 0 spiro atoms. The number of aromatic nitrogens is 3. The predicted octanol–water partition coefficient (Wildman–Crippen LogP) is 7.76. The van der Waals surface area contributed by atoms with Crippen LogP contribution in [0.4, 0.5) is 16.6 Å². The third kappa shape index (κ3) is 8.06. The molecule has 4 rings (SSSR count). The van der Waals surface area contributed by atoms with Crippen molar-refractivity contribution >= 4 is 47.0 Å². The maximum atomic E-state index is 13.2. The van der Waals surface area contributed by atoms with Crippen LogP contribution in [0, 0.1) is 0 Å². The van der Waals surface area contributed by atoms with Gasteiger partial charge in [0.2, 0.25) is 11.8 Å². The van der Waals surface area contributed by atoms with Gasteiger partial charge in [-0.1, -0.05) is 58.7 Å². The predicted molar refractivity (Wildman–Crippen MR) is 161 cm³/mol. The molecule has 0 fully saturated rings. The SMILES string of the molecule is CC(C)(C)OC(=O)N(OC(C)(C)C)c1nccc(-c2c(-c3ccc(Cl)cc3)noc2NC(=O)Cc2ccccc2Cl)n1. The molecule has 0 unspecified atom stereocenters. The van der Waals surface area contributed by atoms with Crippen LogP contribution in [0.15, 0.2) is 65.3 Å². The summed E-state index contributed by atoms with van der Waals surface area (Å²) in [6.07, 6.45) is 0.650. The summed E-state index contributed by atoms with van der Waals surface area (Å²) in [4.78, 5) is 41.0. The molecule has 0 atom stereocenters. The molecule has 10 nitrogen and oxygen atoms in total. The monoisotopic (exact) mass is 611 g/mol. The van der Waals surface area contributed by atoms with Crippen LogP contribution in [-0.2, 0) is 20.8 Å². The summed E-state index contributed by atoms with van der Waals surface area (Å²) in [6.45, 7) is 10.6. The van der Waals surface area contributed by atoms with E-state index in [1.54, 1.807) is 96.1 Å². The first-order valence-electron chi connectivity index (χ1n) is 13.0. The second-order valence-electron chi connectivity index (χ2n) is 11.3. The lowest BCUT2D eigenvalue weighted by molar-refractivity contribution is -0.115. The second-order valence-corrected chi connectivity index (χ2v) is 12.1. The lowest BCUT2D eigenvalue weighted by atomic mass is 10.0. The number of anilines is 2. The van der Waals surface area contributed by atoms with E-state index in [1.165, 1.54) is 6.20 Å². The largest absolute Gasteiger partial charge is 0.442 e. The van der Waals surface area contributed by atoms with Gasteiger partial charge in [0.25, 0.3) is 5.95 Å². The van der Waals surface area contributed by atoms with E-state index in [0.29, 0.717) is 38.1 Å². The van der Waals surface area contributed by atoms with Crippen molar-refractivity contribution < 1.29 is 23.7 Å². The van der Waals surface area contributed by atoms with Crippen LogP contribution in [0.1, 0.15) is 47.1 Å². The van der Waals surface area contributed by atoms with E-state index in [1.807, 2.05) is 0 Å². The smallest absolute Gasteiger partial charge is 0.442 e. The van der Waals surface area contributed by atoms with Crippen LogP contribution in [0.25, 0.3) is 22.5 Å². The van der Waals surface area contributed by atoms with Crippen LogP contribution >= 0.6 is 23.2 Å². The van der Waals surface area contributed by atoms with Crippen LogP contribution in [-0.4, -0.2) is 38.3 Å². The van der Waals surface area contributed by atoms with E-state index in [9.17, 15) is 9.59 Å². The summed E-state index contributed by atoms with van der Waals surface area (Å²) < 4.78 is 11.2. The summed E-state index contributed by atoms with van der Waals surface area (Å²) in [5, 5.41) is 8.91. The summed E-state index contributed by atoms with van der Waals surface area (Å²) in [5.41, 5.74) is 0.735. The standard InChI is InChI=1S/C30H31Cl2N5O5/c1-29(2,3)40-28(39)37(42-30(4,5)6)27-33-16-15-22(34-27)24-25(18-11-13-20(31)14-12-18)36-41-26(24)35-23(38)17-19-9-7-8-10-21(19)32/h7-16H,17H2,1-6H3,(H,35,38). The Labute approximate surface area is 253 Å². The summed E-state index contributed by atoms with van der Waals surface area (Å²) >= 11 is 12.4. The average molecular weight is 613 g/mol. The molecule has 0 radical (unpaired) electrons. The molecule has 0 saturated heterocycles. The Bertz CT molecular complexity index is 1580. The molecule has 12 heteroatoms. The molecule has 42 heavy (non-hydrogen) atoms. The van der Waals surface area contributed by atoms with Gasteiger partial charge in [0.1, 0.15) is 11.3 Å². The Balaban J connectivity index is 1.78. The van der Waals surface area contributed by atoms with Crippen molar-refractivity contribution in [2.24, 2.45) is 0 Å². The van der Waals surface area contributed by atoms with E-state index in [-0.39, 0.29) is 24.2 Å². The lowest BCUT2D eigenvalue weighted by Gasteiger charge is -2.30. The zero-order chi connectivity index (χ0) is 30.7. The molecule has 220 valence electrons. The van der Waals surface area contributed by atoms with Crippen molar-refractivity contribution in [1.29, 1.82) is 0 Å². The van der Waals surface area contributed by atoms with Crippen molar-refractivity contribution in [2.75, 3.05) is 10.4 Å². The Morgan fingerprint density at radius 1 is 0.952 bits per heavy atom. The van der Waals surface area contributed by atoms with Gasteiger partial charge in [-0.05, 0) is 71.4 Å². The van der Waals surface area contributed by atoms with Gasteiger partial charge in [-0.2, -0.15) is 0 Å². The first kappa shape index (κ1) is 31.0. The van der Waals surface area contributed by atoms with Crippen molar-refractivity contribution in [1.82, 2.24) is 15.1 Å². The lowest BCUT2D eigenvalue weighted by Crippen LogP contribution is -2.42. The van der Waals surface area contributed by atoms with Crippen molar-refractivity contribution in [3.63, 3.8) is 0 Å². The molecular formula is C30H31Cl2N5O5. The van der Waals surface area contributed by atoms with Gasteiger partial charge >= 0.3 is 6.09 Å². The van der Waals surface area contributed by atoms with Crippen LogP contribution in [0.2, 0.25) is 10.0 Å². The van der Waals surface area contributed by atoms with Gasteiger partial charge in [-0.25, -0.2) is 14.8 Å². The fourth-order valence-corrected chi connectivity index (χ4v) is 4.05. The van der Waals surface area contributed by atoms with Gasteiger partial charge in [0.05, 0.1) is 23.3 Å². The third-order valence-corrected chi connectivity index (χ3v) is 6.00. The Hall–Kier alpha value is -3.99. The van der Waals surface area contributed by atoms with Crippen LogP contribution in [0.3, 0.4) is 0 Å². The number of halogens is 2.